The van der Waals surface area contributed by atoms with Gasteiger partial charge in [-0.25, -0.2) is 0 Å². The van der Waals surface area contributed by atoms with Crippen LogP contribution in [-0.4, -0.2) is 10.9 Å². The third-order valence-corrected chi connectivity index (χ3v) is 3.19. The standard InChI is InChI=1S/C14H16OS/c1-3-5-12(4-2)11-16-14-8-6-13(10-15)7-9-14/h3-9,15H,1-2,10-11H2/b12-5+. The number of benzene rings is 1. The van der Waals surface area contributed by atoms with Crippen LogP contribution in [-0.2, 0) is 6.61 Å². The van der Waals surface area contributed by atoms with Crippen LogP contribution >= 0.6 is 11.8 Å². The van der Waals surface area contributed by atoms with Crippen LogP contribution < -0.4 is 0 Å². The van der Waals surface area contributed by atoms with Gasteiger partial charge < -0.3 is 5.11 Å². The Balaban J connectivity index is 2.56. The third-order valence-electron chi connectivity index (χ3n) is 2.11. The molecule has 1 aromatic carbocycles. The zero-order chi connectivity index (χ0) is 11.8. The van der Waals surface area contributed by atoms with E-state index >= 15 is 0 Å². The van der Waals surface area contributed by atoms with Gasteiger partial charge >= 0.3 is 0 Å². The second-order valence-corrected chi connectivity index (χ2v) is 4.32. The molecule has 2 heteroatoms. The molecule has 0 fully saturated rings. The van der Waals surface area contributed by atoms with Crippen molar-refractivity contribution in [2.45, 2.75) is 11.5 Å². The summed E-state index contributed by atoms with van der Waals surface area (Å²) in [5.74, 6) is 0.883. The number of aliphatic hydroxyl groups excluding tert-OH is 1. The molecular formula is C14H16OS. The summed E-state index contributed by atoms with van der Waals surface area (Å²) >= 11 is 1.74. The maximum atomic E-state index is 8.91. The summed E-state index contributed by atoms with van der Waals surface area (Å²) in [6.07, 6.45) is 5.57. The van der Waals surface area contributed by atoms with E-state index in [0.29, 0.717) is 0 Å². The Labute approximate surface area is 101 Å². The van der Waals surface area contributed by atoms with E-state index in [0.717, 1.165) is 16.9 Å². The van der Waals surface area contributed by atoms with Crippen molar-refractivity contribution in [3.05, 3.63) is 66.8 Å². The van der Waals surface area contributed by atoms with Crippen molar-refractivity contribution in [2.24, 2.45) is 0 Å². The van der Waals surface area contributed by atoms with Crippen LogP contribution in [0.1, 0.15) is 5.56 Å². The zero-order valence-electron chi connectivity index (χ0n) is 9.23. The van der Waals surface area contributed by atoms with Crippen molar-refractivity contribution in [2.75, 3.05) is 5.75 Å². The maximum absolute atomic E-state index is 8.91. The summed E-state index contributed by atoms with van der Waals surface area (Å²) in [5, 5.41) is 8.91. The molecule has 1 nitrogen and oxygen atoms in total. The first-order valence-electron chi connectivity index (χ1n) is 5.06. The van der Waals surface area contributed by atoms with Crippen LogP contribution in [0, 0.1) is 0 Å². The summed E-state index contributed by atoms with van der Waals surface area (Å²) < 4.78 is 0. The highest BCUT2D eigenvalue weighted by Gasteiger charge is 1.96. The van der Waals surface area contributed by atoms with Crippen molar-refractivity contribution in [3.8, 4) is 0 Å². The highest BCUT2D eigenvalue weighted by molar-refractivity contribution is 7.99. The molecule has 0 heterocycles. The number of allylic oxidation sites excluding steroid dienone is 3. The Kier molecular flexibility index (Phi) is 5.68. The second kappa shape index (κ2) is 7.09. The summed E-state index contributed by atoms with van der Waals surface area (Å²) in [6, 6.07) is 7.91. The van der Waals surface area contributed by atoms with Gasteiger partial charge in [0.05, 0.1) is 6.61 Å². The van der Waals surface area contributed by atoms with Crippen LogP contribution in [0.15, 0.2) is 66.1 Å². The lowest BCUT2D eigenvalue weighted by molar-refractivity contribution is 0.282. The number of aliphatic hydroxyl groups is 1. The van der Waals surface area contributed by atoms with Crippen LogP contribution in [0.5, 0.6) is 0 Å². The first-order valence-corrected chi connectivity index (χ1v) is 6.05. The fraction of sp³-hybridized carbons (Fsp3) is 0.143. The third kappa shape index (κ3) is 4.09. The Morgan fingerprint density at radius 1 is 1.25 bits per heavy atom. The minimum absolute atomic E-state index is 0.0964. The van der Waals surface area contributed by atoms with Crippen LogP contribution in [0.2, 0.25) is 0 Å². The molecule has 84 valence electrons. The largest absolute Gasteiger partial charge is 0.392 e. The molecule has 0 radical (unpaired) electrons. The lowest BCUT2D eigenvalue weighted by Gasteiger charge is -2.03. The molecule has 0 aliphatic carbocycles. The van der Waals surface area contributed by atoms with E-state index in [1.54, 1.807) is 17.8 Å². The van der Waals surface area contributed by atoms with Gasteiger partial charge in [-0.2, -0.15) is 0 Å². The molecule has 1 N–H and O–H groups in total. The predicted molar refractivity (Wildman–Crippen MR) is 71.6 cm³/mol. The monoisotopic (exact) mass is 232 g/mol. The van der Waals surface area contributed by atoms with Gasteiger partial charge in [-0.05, 0) is 23.3 Å². The highest BCUT2D eigenvalue weighted by Crippen LogP contribution is 2.21. The molecule has 16 heavy (non-hydrogen) atoms. The SMILES string of the molecule is C=C/C=C(\C=C)CSc1ccc(CO)cc1. The Morgan fingerprint density at radius 3 is 2.44 bits per heavy atom. The molecule has 0 aliphatic heterocycles. The van der Waals surface area contributed by atoms with E-state index in [1.165, 1.54) is 4.90 Å². The average Bonchev–Trinajstić information content (AvgIpc) is 2.35. The molecule has 0 aromatic heterocycles. The minimum atomic E-state index is 0.0964. The van der Waals surface area contributed by atoms with Gasteiger partial charge in [0.25, 0.3) is 0 Å². The van der Waals surface area contributed by atoms with E-state index < -0.39 is 0 Å². The van der Waals surface area contributed by atoms with Crippen molar-refractivity contribution in [3.63, 3.8) is 0 Å². The van der Waals surface area contributed by atoms with Crippen LogP contribution in [0.4, 0.5) is 0 Å². The molecule has 1 aromatic rings. The Hall–Kier alpha value is -1.25. The summed E-state index contributed by atoms with van der Waals surface area (Å²) in [5.41, 5.74) is 2.10. The number of hydrogen-bond acceptors (Lipinski definition) is 2. The number of rotatable bonds is 6. The van der Waals surface area contributed by atoms with Gasteiger partial charge in [0.2, 0.25) is 0 Å². The zero-order valence-corrected chi connectivity index (χ0v) is 10.0. The van der Waals surface area contributed by atoms with Crippen molar-refractivity contribution >= 4 is 11.8 Å². The molecule has 0 saturated carbocycles. The van der Waals surface area contributed by atoms with E-state index in [9.17, 15) is 0 Å². The predicted octanol–water partition coefficient (Wildman–Crippen LogP) is 3.57. The molecule has 0 saturated heterocycles. The Morgan fingerprint density at radius 2 is 1.94 bits per heavy atom. The second-order valence-electron chi connectivity index (χ2n) is 3.27. The fourth-order valence-corrected chi connectivity index (χ4v) is 2.06. The number of thioether (sulfide) groups is 1. The van der Waals surface area contributed by atoms with Crippen molar-refractivity contribution < 1.29 is 5.11 Å². The van der Waals surface area contributed by atoms with Crippen molar-refractivity contribution in [1.29, 1.82) is 0 Å². The molecule has 0 bridgehead atoms. The van der Waals surface area contributed by atoms with Gasteiger partial charge in [-0.15, -0.1) is 11.8 Å². The molecule has 0 atom stereocenters. The van der Waals surface area contributed by atoms with Gasteiger partial charge in [0.15, 0.2) is 0 Å². The van der Waals surface area contributed by atoms with E-state index in [-0.39, 0.29) is 6.61 Å². The number of hydrogen-bond donors (Lipinski definition) is 1. The fourth-order valence-electron chi connectivity index (χ4n) is 1.18. The van der Waals surface area contributed by atoms with E-state index in [1.807, 2.05) is 36.4 Å². The first kappa shape index (κ1) is 12.8. The lowest BCUT2D eigenvalue weighted by Crippen LogP contribution is -1.85. The Bertz CT molecular complexity index is 376. The topological polar surface area (TPSA) is 20.2 Å². The molecular weight excluding hydrogens is 216 g/mol. The molecule has 0 unspecified atom stereocenters. The minimum Gasteiger partial charge on any atom is -0.392 e. The quantitative estimate of drug-likeness (QED) is 0.597. The van der Waals surface area contributed by atoms with Crippen LogP contribution in [0.25, 0.3) is 0 Å². The van der Waals surface area contributed by atoms with Crippen molar-refractivity contribution in [1.82, 2.24) is 0 Å². The van der Waals surface area contributed by atoms with E-state index in [2.05, 4.69) is 13.2 Å². The van der Waals surface area contributed by atoms with Crippen LogP contribution in [0.3, 0.4) is 0 Å². The van der Waals surface area contributed by atoms with Gasteiger partial charge in [-0.1, -0.05) is 43.5 Å². The van der Waals surface area contributed by atoms with Gasteiger partial charge in [0, 0.05) is 10.6 Å². The summed E-state index contributed by atoms with van der Waals surface area (Å²) in [6.45, 7) is 7.52. The van der Waals surface area contributed by atoms with Gasteiger partial charge in [-0.3, -0.25) is 0 Å². The molecule has 0 aliphatic rings. The first-order chi connectivity index (χ1) is 7.80. The molecule has 1 rings (SSSR count). The summed E-state index contributed by atoms with van der Waals surface area (Å²) in [7, 11) is 0. The molecule has 0 amide bonds. The highest BCUT2D eigenvalue weighted by atomic mass is 32.2. The summed E-state index contributed by atoms with van der Waals surface area (Å²) in [4.78, 5) is 1.19. The van der Waals surface area contributed by atoms with Gasteiger partial charge in [0.1, 0.15) is 0 Å². The molecule has 0 spiro atoms. The lowest BCUT2D eigenvalue weighted by atomic mass is 10.2. The van der Waals surface area contributed by atoms with E-state index in [4.69, 9.17) is 5.11 Å². The normalized spacial score (nSPS) is 11.2. The average molecular weight is 232 g/mol. The maximum Gasteiger partial charge on any atom is 0.0681 e. The smallest absolute Gasteiger partial charge is 0.0681 e.